The van der Waals surface area contributed by atoms with E-state index in [0.717, 1.165) is 22.6 Å². The Balaban J connectivity index is 2.26. The minimum absolute atomic E-state index is 0.0919. The first-order chi connectivity index (χ1) is 9.81. The monoisotopic (exact) mass is 289 g/mol. The van der Waals surface area contributed by atoms with E-state index in [1.54, 1.807) is 19.0 Å². The summed E-state index contributed by atoms with van der Waals surface area (Å²) in [5.41, 5.74) is 3.93. The van der Waals surface area contributed by atoms with E-state index >= 15 is 0 Å². The van der Waals surface area contributed by atoms with E-state index in [1.165, 1.54) is 0 Å². The topological polar surface area (TPSA) is 53.7 Å². The number of aryl methyl sites for hydroxylation is 2. The highest BCUT2D eigenvalue weighted by atomic mass is 16.2. The number of nitrogens with zero attached hydrogens (tertiary/aromatic N) is 5. The third-order valence-electron chi connectivity index (χ3n) is 3.73. The van der Waals surface area contributed by atoms with Gasteiger partial charge in [0, 0.05) is 37.6 Å². The number of fused-ring (bicyclic) bond motifs is 1. The number of amides is 1. The average Bonchev–Trinajstić information content (AvgIpc) is 2.80. The summed E-state index contributed by atoms with van der Waals surface area (Å²) < 4.78 is 1.84. The van der Waals surface area contributed by atoms with Crippen molar-refractivity contribution in [2.45, 2.75) is 33.4 Å². The van der Waals surface area contributed by atoms with E-state index in [4.69, 9.17) is 0 Å². The van der Waals surface area contributed by atoms with Gasteiger partial charge < -0.3 is 4.90 Å². The summed E-state index contributed by atoms with van der Waals surface area (Å²) in [6.07, 6.45) is 1.83. The van der Waals surface area contributed by atoms with Crippen molar-refractivity contribution < 1.29 is 4.79 Å². The highest BCUT2D eigenvalue weighted by molar-refractivity contribution is 5.80. The second kappa shape index (κ2) is 5.81. The van der Waals surface area contributed by atoms with Gasteiger partial charge in [0.15, 0.2) is 5.65 Å². The van der Waals surface area contributed by atoms with Crippen LogP contribution in [-0.2, 0) is 11.3 Å². The van der Waals surface area contributed by atoms with Crippen LogP contribution in [0.2, 0.25) is 0 Å². The van der Waals surface area contributed by atoms with Gasteiger partial charge in [-0.15, -0.1) is 0 Å². The lowest BCUT2D eigenvalue weighted by molar-refractivity contribution is -0.133. The molecule has 2 heterocycles. The smallest absolute Gasteiger partial charge is 0.239 e. The van der Waals surface area contributed by atoms with E-state index in [0.29, 0.717) is 6.54 Å². The molecule has 0 radical (unpaired) electrons. The van der Waals surface area contributed by atoms with Gasteiger partial charge in [-0.1, -0.05) is 0 Å². The molecule has 0 aliphatic rings. The summed E-state index contributed by atoms with van der Waals surface area (Å²) in [5.74, 6) is 0.0919. The highest BCUT2D eigenvalue weighted by Gasteiger charge is 2.21. The predicted molar refractivity (Wildman–Crippen MR) is 82.1 cm³/mol. The molecule has 0 spiro atoms. The minimum atomic E-state index is -0.180. The van der Waals surface area contributed by atoms with E-state index in [-0.39, 0.29) is 11.9 Å². The Morgan fingerprint density at radius 3 is 2.62 bits per heavy atom. The van der Waals surface area contributed by atoms with Crippen LogP contribution in [0.25, 0.3) is 5.65 Å². The van der Waals surface area contributed by atoms with E-state index in [1.807, 2.05) is 49.5 Å². The van der Waals surface area contributed by atoms with Gasteiger partial charge in [-0.05, 0) is 33.9 Å². The molecule has 0 saturated carbocycles. The normalized spacial score (nSPS) is 12.9. The molecule has 0 bridgehead atoms. The van der Waals surface area contributed by atoms with Crippen LogP contribution < -0.4 is 0 Å². The quantitative estimate of drug-likeness (QED) is 0.850. The van der Waals surface area contributed by atoms with Gasteiger partial charge in [0.2, 0.25) is 5.91 Å². The van der Waals surface area contributed by atoms with Gasteiger partial charge in [0.1, 0.15) is 0 Å². The van der Waals surface area contributed by atoms with Crippen molar-refractivity contribution in [2.75, 3.05) is 21.1 Å². The fourth-order valence-corrected chi connectivity index (χ4v) is 2.40. The molecule has 2 aromatic rings. The zero-order chi connectivity index (χ0) is 15.7. The number of carbonyl (C=O) groups is 1. The molecule has 114 valence electrons. The van der Waals surface area contributed by atoms with E-state index in [2.05, 4.69) is 10.1 Å². The molecule has 0 aliphatic carbocycles. The van der Waals surface area contributed by atoms with Gasteiger partial charge in [0.25, 0.3) is 0 Å². The second-order valence-corrected chi connectivity index (χ2v) is 5.77. The number of likely N-dealkylation sites (N-methyl/N-ethyl adjacent to an activating group) is 2. The summed E-state index contributed by atoms with van der Waals surface area (Å²) in [6.45, 7) is 6.55. The van der Waals surface area contributed by atoms with Crippen LogP contribution in [-0.4, -0.2) is 57.5 Å². The average molecular weight is 289 g/mol. The van der Waals surface area contributed by atoms with Gasteiger partial charge in [0.05, 0.1) is 12.2 Å². The van der Waals surface area contributed by atoms with Crippen molar-refractivity contribution in [3.63, 3.8) is 0 Å². The first-order valence-electron chi connectivity index (χ1n) is 7.03. The number of hydrogen-bond donors (Lipinski definition) is 0. The first-order valence-corrected chi connectivity index (χ1v) is 7.03. The Hall–Kier alpha value is -1.95. The Kier molecular flexibility index (Phi) is 4.27. The Labute approximate surface area is 125 Å². The summed E-state index contributed by atoms with van der Waals surface area (Å²) in [4.78, 5) is 20.2. The lowest BCUT2D eigenvalue weighted by Crippen LogP contribution is -2.42. The van der Waals surface area contributed by atoms with Crippen molar-refractivity contribution in [1.82, 2.24) is 24.4 Å². The number of aromatic nitrogens is 3. The van der Waals surface area contributed by atoms with Crippen LogP contribution in [0.3, 0.4) is 0 Å². The van der Waals surface area contributed by atoms with Crippen LogP contribution in [0, 0.1) is 13.8 Å². The molecule has 21 heavy (non-hydrogen) atoms. The van der Waals surface area contributed by atoms with Crippen molar-refractivity contribution in [1.29, 1.82) is 0 Å². The first kappa shape index (κ1) is 15.4. The Morgan fingerprint density at radius 2 is 2.00 bits per heavy atom. The predicted octanol–water partition coefficient (Wildman–Crippen LogP) is 1.25. The molecular formula is C15H23N5O. The molecule has 0 aromatic carbocycles. The molecule has 2 aromatic heterocycles. The zero-order valence-electron chi connectivity index (χ0n) is 13.6. The van der Waals surface area contributed by atoms with Crippen LogP contribution in [0.5, 0.6) is 0 Å². The lowest BCUT2D eigenvalue weighted by Gasteiger charge is -2.25. The maximum absolute atomic E-state index is 12.0. The molecule has 2 rings (SSSR count). The van der Waals surface area contributed by atoms with Gasteiger partial charge in [-0.25, -0.2) is 9.50 Å². The van der Waals surface area contributed by atoms with Crippen molar-refractivity contribution in [3.05, 3.63) is 29.2 Å². The Bertz CT molecular complexity index is 661. The molecule has 0 saturated heterocycles. The third-order valence-corrected chi connectivity index (χ3v) is 3.73. The van der Waals surface area contributed by atoms with Crippen molar-refractivity contribution in [2.24, 2.45) is 0 Å². The van der Waals surface area contributed by atoms with Crippen molar-refractivity contribution >= 4 is 11.6 Å². The summed E-state index contributed by atoms with van der Waals surface area (Å²) in [5, 5.41) is 4.38. The van der Waals surface area contributed by atoms with Crippen LogP contribution in [0.4, 0.5) is 0 Å². The van der Waals surface area contributed by atoms with Crippen molar-refractivity contribution in [3.8, 4) is 0 Å². The molecule has 1 atom stereocenters. The lowest BCUT2D eigenvalue weighted by atomic mass is 10.2. The largest absolute Gasteiger partial charge is 0.347 e. The van der Waals surface area contributed by atoms with E-state index in [9.17, 15) is 4.79 Å². The van der Waals surface area contributed by atoms with Gasteiger partial charge >= 0.3 is 0 Å². The highest BCUT2D eigenvalue weighted by Crippen LogP contribution is 2.15. The number of rotatable bonds is 4. The van der Waals surface area contributed by atoms with Crippen LogP contribution in [0.1, 0.15) is 23.9 Å². The maximum atomic E-state index is 12.0. The number of hydrogen-bond acceptors (Lipinski definition) is 4. The van der Waals surface area contributed by atoms with Crippen LogP contribution >= 0.6 is 0 Å². The van der Waals surface area contributed by atoms with Crippen LogP contribution in [0.15, 0.2) is 12.3 Å². The molecule has 1 unspecified atom stereocenters. The standard InChI is InChI=1S/C15H23N5O/c1-10-7-11(2)20-14(17-10)13(8-16-20)9-19(6)12(3)15(21)18(4)5/h7-8,12H,9H2,1-6H3. The Morgan fingerprint density at radius 1 is 1.33 bits per heavy atom. The molecular weight excluding hydrogens is 266 g/mol. The summed E-state index contributed by atoms with van der Waals surface area (Å²) in [7, 11) is 5.49. The summed E-state index contributed by atoms with van der Waals surface area (Å²) >= 11 is 0. The van der Waals surface area contributed by atoms with Gasteiger partial charge in [-0.3, -0.25) is 9.69 Å². The molecule has 6 nitrogen and oxygen atoms in total. The maximum Gasteiger partial charge on any atom is 0.239 e. The van der Waals surface area contributed by atoms with E-state index < -0.39 is 0 Å². The summed E-state index contributed by atoms with van der Waals surface area (Å²) in [6, 6.07) is 1.83. The third kappa shape index (κ3) is 3.05. The number of carbonyl (C=O) groups excluding carboxylic acids is 1. The SMILES string of the molecule is Cc1cc(C)n2ncc(CN(C)C(C)C(=O)N(C)C)c2n1. The zero-order valence-corrected chi connectivity index (χ0v) is 13.6. The fraction of sp³-hybridized carbons (Fsp3) is 0.533. The van der Waals surface area contributed by atoms with Gasteiger partial charge in [-0.2, -0.15) is 5.10 Å². The second-order valence-electron chi connectivity index (χ2n) is 5.77. The molecule has 0 fully saturated rings. The molecule has 0 aliphatic heterocycles. The fourth-order valence-electron chi connectivity index (χ4n) is 2.40. The molecule has 6 heteroatoms. The molecule has 1 amide bonds. The molecule has 0 N–H and O–H groups in total. The minimum Gasteiger partial charge on any atom is -0.347 e.